The molecule has 0 unspecified atom stereocenters. The van der Waals surface area contributed by atoms with E-state index in [2.05, 4.69) is 10.0 Å². The smallest absolute Gasteiger partial charge is 0.251 e. The van der Waals surface area contributed by atoms with Crippen LogP contribution >= 0.6 is 0 Å². The number of amides is 1. The van der Waals surface area contributed by atoms with Crippen LogP contribution in [0.3, 0.4) is 0 Å². The average Bonchev–Trinajstić information content (AvgIpc) is 3.08. The summed E-state index contributed by atoms with van der Waals surface area (Å²) in [6, 6.07) is 6.15. The molecule has 7 heteroatoms. The maximum absolute atomic E-state index is 12.3. The Kier molecular flexibility index (Phi) is 5.53. The molecule has 1 atom stereocenters. The van der Waals surface area contributed by atoms with Crippen LogP contribution in [0.5, 0.6) is 0 Å². The van der Waals surface area contributed by atoms with Crippen LogP contribution in [0.1, 0.15) is 48.9 Å². The van der Waals surface area contributed by atoms with Gasteiger partial charge < -0.3 is 10.1 Å². The van der Waals surface area contributed by atoms with Gasteiger partial charge in [0.25, 0.3) is 5.91 Å². The van der Waals surface area contributed by atoms with Gasteiger partial charge in [-0.15, -0.1) is 0 Å². The zero-order valence-electron chi connectivity index (χ0n) is 13.7. The van der Waals surface area contributed by atoms with Gasteiger partial charge in [0.15, 0.2) is 0 Å². The van der Waals surface area contributed by atoms with E-state index in [9.17, 15) is 13.2 Å². The van der Waals surface area contributed by atoms with E-state index in [0.29, 0.717) is 25.2 Å². The molecule has 24 heavy (non-hydrogen) atoms. The fourth-order valence-electron chi connectivity index (χ4n) is 3.22. The second kappa shape index (κ2) is 7.63. The molecule has 2 N–H and O–H groups in total. The molecule has 0 aromatic heterocycles. The largest absolute Gasteiger partial charge is 0.380 e. The molecule has 1 saturated carbocycles. The number of rotatable bonds is 5. The third-order valence-electron chi connectivity index (χ3n) is 4.62. The minimum atomic E-state index is -3.58. The number of benzene rings is 1. The third kappa shape index (κ3) is 4.34. The maximum atomic E-state index is 12.3. The van der Waals surface area contributed by atoms with Gasteiger partial charge in [-0.3, -0.25) is 4.79 Å². The Hall–Kier alpha value is -1.44. The second-order valence-electron chi connectivity index (χ2n) is 6.51. The first-order chi connectivity index (χ1) is 11.5. The van der Waals surface area contributed by atoms with Crippen molar-refractivity contribution in [2.45, 2.75) is 55.5 Å². The average molecular weight is 352 g/mol. The van der Waals surface area contributed by atoms with Crippen molar-refractivity contribution in [3.05, 3.63) is 29.8 Å². The number of hydrogen-bond donors (Lipinski definition) is 2. The van der Waals surface area contributed by atoms with Crippen LogP contribution in [-0.2, 0) is 14.8 Å². The van der Waals surface area contributed by atoms with Gasteiger partial charge in [0.1, 0.15) is 0 Å². The number of carbonyl (C=O) groups is 1. The summed E-state index contributed by atoms with van der Waals surface area (Å²) in [5, 5.41) is 3.03. The standard InChI is InChI=1S/C17H24N2O4S/c20-17(18-14-4-2-1-3-5-14)13-6-8-16(9-7-13)24(21,22)19-15-10-11-23-12-15/h6-9,14-15,19H,1-5,10-12H2,(H,18,20)/t15-/m1/s1. The predicted octanol–water partition coefficient (Wildman–Crippen LogP) is 1.82. The Morgan fingerprint density at radius 2 is 1.71 bits per heavy atom. The van der Waals surface area contributed by atoms with Crippen molar-refractivity contribution in [2.24, 2.45) is 0 Å². The van der Waals surface area contributed by atoms with Crippen LogP contribution in [0.4, 0.5) is 0 Å². The van der Waals surface area contributed by atoms with Crippen LogP contribution in [0.25, 0.3) is 0 Å². The molecule has 1 aliphatic carbocycles. The van der Waals surface area contributed by atoms with E-state index in [0.717, 1.165) is 25.7 Å². The first-order valence-corrected chi connectivity index (χ1v) is 10.0. The Morgan fingerprint density at radius 1 is 1.00 bits per heavy atom. The van der Waals surface area contributed by atoms with Gasteiger partial charge in [0.2, 0.25) is 10.0 Å². The summed E-state index contributed by atoms with van der Waals surface area (Å²) in [5.74, 6) is -0.136. The van der Waals surface area contributed by atoms with Crippen LogP contribution in [0, 0.1) is 0 Å². The zero-order valence-corrected chi connectivity index (χ0v) is 14.5. The first kappa shape index (κ1) is 17.4. The molecule has 0 radical (unpaired) electrons. The van der Waals surface area contributed by atoms with E-state index in [1.165, 1.54) is 18.6 Å². The Labute approximate surface area is 143 Å². The van der Waals surface area contributed by atoms with Crippen LogP contribution in [0.15, 0.2) is 29.2 Å². The predicted molar refractivity (Wildman–Crippen MR) is 90.3 cm³/mol. The zero-order chi connectivity index (χ0) is 17.0. The van der Waals surface area contributed by atoms with Gasteiger partial charge in [-0.2, -0.15) is 0 Å². The van der Waals surface area contributed by atoms with Gasteiger partial charge in [0, 0.05) is 24.3 Å². The summed E-state index contributed by atoms with van der Waals surface area (Å²) in [7, 11) is -3.58. The minimum absolute atomic E-state index is 0.136. The van der Waals surface area contributed by atoms with E-state index in [1.807, 2.05) is 0 Å². The molecule has 0 bridgehead atoms. The summed E-state index contributed by atoms with van der Waals surface area (Å²) < 4.78 is 32.5. The van der Waals surface area contributed by atoms with E-state index in [1.54, 1.807) is 12.1 Å². The molecule has 1 heterocycles. The maximum Gasteiger partial charge on any atom is 0.251 e. The SMILES string of the molecule is O=C(NC1CCCCC1)c1ccc(S(=O)(=O)N[C@@H]2CCOC2)cc1. The number of ether oxygens (including phenoxy) is 1. The Balaban J connectivity index is 1.62. The molecule has 2 fully saturated rings. The highest BCUT2D eigenvalue weighted by molar-refractivity contribution is 7.89. The Bertz CT molecular complexity index is 660. The quantitative estimate of drug-likeness (QED) is 0.846. The number of nitrogens with one attached hydrogen (secondary N) is 2. The molecule has 3 rings (SSSR count). The summed E-state index contributed by atoms with van der Waals surface area (Å²) >= 11 is 0. The van der Waals surface area contributed by atoms with Crippen LogP contribution < -0.4 is 10.0 Å². The van der Waals surface area contributed by atoms with E-state index < -0.39 is 10.0 Å². The fraction of sp³-hybridized carbons (Fsp3) is 0.588. The van der Waals surface area contributed by atoms with Crippen molar-refractivity contribution >= 4 is 15.9 Å². The molecule has 6 nitrogen and oxygen atoms in total. The molecule has 0 spiro atoms. The van der Waals surface area contributed by atoms with Crippen molar-refractivity contribution < 1.29 is 17.9 Å². The molecular weight excluding hydrogens is 328 g/mol. The third-order valence-corrected chi connectivity index (χ3v) is 6.16. The van der Waals surface area contributed by atoms with E-state index in [-0.39, 0.29) is 22.9 Å². The molecule has 2 aliphatic rings. The lowest BCUT2D eigenvalue weighted by atomic mass is 9.95. The molecule has 132 valence electrons. The molecule has 1 aromatic rings. The van der Waals surface area contributed by atoms with Gasteiger partial charge in [-0.25, -0.2) is 13.1 Å². The van der Waals surface area contributed by atoms with Gasteiger partial charge in [-0.05, 0) is 43.5 Å². The lowest BCUT2D eigenvalue weighted by Gasteiger charge is -2.22. The molecule has 1 aromatic carbocycles. The normalized spacial score (nSPS) is 22.4. The number of sulfonamides is 1. The highest BCUT2D eigenvalue weighted by Crippen LogP contribution is 2.18. The topological polar surface area (TPSA) is 84.5 Å². The summed E-state index contributed by atoms with van der Waals surface area (Å²) in [6.07, 6.45) is 6.26. The van der Waals surface area contributed by atoms with Crippen molar-refractivity contribution in [1.29, 1.82) is 0 Å². The molecule has 1 aliphatic heterocycles. The lowest BCUT2D eigenvalue weighted by molar-refractivity contribution is 0.0927. The second-order valence-corrected chi connectivity index (χ2v) is 8.23. The summed E-state index contributed by atoms with van der Waals surface area (Å²) in [4.78, 5) is 12.4. The van der Waals surface area contributed by atoms with E-state index in [4.69, 9.17) is 4.74 Å². The summed E-state index contributed by atoms with van der Waals surface area (Å²) in [5.41, 5.74) is 0.490. The van der Waals surface area contributed by atoms with Crippen molar-refractivity contribution in [1.82, 2.24) is 10.0 Å². The molecule has 1 saturated heterocycles. The molecule has 1 amide bonds. The van der Waals surface area contributed by atoms with Crippen LogP contribution in [-0.4, -0.2) is 39.6 Å². The highest BCUT2D eigenvalue weighted by Gasteiger charge is 2.24. The van der Waals surface area contributed by atoms with Gasteiger partial charge in [-0.1, -0.05) is 19.3 Å². The number of carbonyl (C=O) groups excluding carboxylic acids is 1. The number of hydrogen-bond acceptors (Lipinski definition) is 4. The summed E-state index contributed by atoms with van der Waals surface area (Å²) in [6.45, 7) is 0.981. The van der Waals surface area contributed by atoms with Crippen molar-refractivity contribution in [3.63, 3.8) is 0 Å². The van der Waals surface area contributed by atoms with E-state index >= 15 is 0 Å². The van der Waals surface area contributed by atoms with Crippen molar-refractivity contribution in [2.75, 3.05) is 13.2 Å². The Morgan fingerprint density at radius 3 is 2.33 bits per heavy atom. The minimum Gasteiger partial charge on any atom is -0.380 e. The van der Waals surface area contributed by atoms with Crippen LogP contribution in [0.2, 0.25) is 0 Å². The van der Waals surface area contributed by atoms with Gasteiger partial charge >= 0.3 is 0 Å². The first-order valence-electron chi connectivity index (χ1n) is 8.55. The van der Waals surface area contributed by atoms with Gasteiger partial charge in [0.05, 0.1) is 11.5 Å². The van der Waals surface area contributed by atoms with Crippen molar-refractivity contribution in [3.8, 4) is 0 Å². The highest BCUT2D eigenvalue weighted by atomic mass is 32.2. The fourth-order valence-corrected chi connectivity index (χ4v) is 4.47. The monoisotopic (exact) mass is 352 g/mol. The lowest BCUT2D eigenvalue weighted by Crippen LogP contribution is -2.36. The molecular formula is C17H24N2O4S.